The lowest BCUT2D eigenvalue weighted by Crippen LogP contribution is -2.28. The number of hydrogen-bond acceptors (Lipinski definition) is 8. The van der Waals surface area contributed by atoms with Crippen LogP contribution in [0.3, 0.4) is 0 Å². The third-order valence-corrected chi connectivity index (χ3v) is 7.18. The van der Waals surface area contributed by atoms with Crippen molar-refractivity contribution in [2.24, 2.45) is 0 Å². The quantitative estimate of drug-likeness (QED) is 0.287. The predicted molar refractivity (Wildman–Crippen MR) is 141 cm³/mol. The van der Waals surface area contributed by atoms with Crippen LogP contribution in [-0.2, 0) is 26.1 Å². The summed E-state index contributed by atoms with van der Waals surface area (Å²) in [5.41, 5.74) is 3.32. The minimum absolute atomic E-state index is 0.00583. The van der Waals surface area contributed by atoms with Crippen LogP contribution in [0.1, 0.15) is 46.9 Å². The van der Waals surface area contributed by atoms with Gasteiger partial charge in [-0.3, -0.25) is 0 Å². The van der Waals surface area contributed by atoms with Gasteiger partial charge in [0.25, 0.3) is 0 Å². The summed E-state index contributed by atoms with van der Waals surface area (Å²) in [7, 11) is -0.722. The predicted octanol–water partition coefficient (Wildman–Crippen LogP) is 4.54. The second-order valence-corrected chi connectivity index (χ2v) is 11.0. The summed E-state index contributed by atoms with van der Waals surface area (Å²) in [5.74, 6) is -0.0296. The van der Waals surface area contributed by atoms with Gasteiger partial charge in [-0.1, -0.05) is 13.8 Å². The number of benzene rings is 2. The van der Waals surface area contributed by atoms with Gasteiger partial charge in [-0.05, 0) is 54.5 Å². The normalized spacial score (nSPS) is 14.1. The molecular formula is C27H28FN3O6S. The highest BCUT2D eigenvalue weighted by atomic mass is 32.2. The first-order chi connectivity index (χ1) is 18.0. The Kier molecular flexibility index (Phi) is 7.79. The molecule has 0 aliphatic carbocycles. The zero-order valence-corrected chi connectivity index (χ0v) is 22.5. The Morgan fingerprint density at radius 3 is 2.45 bits per heavy atom. The van der Waals surface area contributed by atoms with Crippen LogP contribution in [-0.4, -0.2) is 51.4 Å². The van der Waals surface area contributed by atoms with E-state index in [1.807, 2.05) is 13.8 Å². The molecule has 3 aromatic rings. The van der Waals surface area contributed by atoms with Gasteiger partial charge >= 0.3 is 5.97 Å². The lowest BCUT2D eigenvalue weighted by molar-refractivity contribution is 0.0713. The number of sulfonamides is 1. The average molecular weight is 542 g/mol. The largest absolute Gasteiger partial charge is 0.497 e. The molecule has 0 saturated carbocycles. The minimum atomic E-state index is -3.62. The number of rotatable bonds is 9. The molecule has 0 fully saturated rings. The summed E-state index contributed by atoms with van der Waals surface area (Å²) in [4.78, 5) is 21.3. The van der Waals surface area contributed by atoms with Crippen LogP contribution in [0.2, 0.25) is 0 Å². The van der Waals surface area contributed by atoms with E-state index in [0.29, 0.717) is 45.2 Å². The van der Waals surface area contributed by atoms with Crippen molar-refractivity contribution in [1.82, 2.24) is 9.97 Å². The number of methoxy groups -OCH3 is 1. The molecule has 1 aliphatic heterocycles. The van der Waals surface area contributed by atoms with E-state index in [0.717, 1.165) is 10.6 Å². The maximum atomic E-state index is 13.7. The Bertz CT molecular complexity index is 1500. The first kappa shape index (κ1) is 27.2. The summed E-state index contributed by atoms with van der Waals surface area (Å²) in [6.07, 6.45) is 2.73. The SMILES string of the molecule is COc1ccc2c(c1)C(=O)O/C2=C\COCc1c(-c2ccc(F)cc2)nc(N(C)S(C)(=O)=O)nc1C(C)C. The zero-order valence-electron chi connectivity index (χ0n) is 21.7. The number of nitrogens with zero attached hydrogens (tertiary/aromatic N) is 3. The highest BCUT2D eigenvalue weighted by Gasteiger charge is 2.27. The summed E-state index contributed by atoms with van der Waals surface area (Å²) in [6, 6.07) is 10.9. The molecule has 200 valence electrons. The van der Waals surface area contributed by atoms with Crippen LogP contribution in [0.15, 0.2) is 48.5 Å². The third kappa shape index (κ3) is 5.68. The van der Waals surface area contributed by atoms with E-state index in [4.69, 9.17) is 14.2 Å². The fraction of sp³-hybridized carbons (Fsp3) is 0.296. The smallest absolute Gasteiger partial charge is 0.344 e. The van der Waals surface area contributed by atoms with Crippen LogP contribution in [0.4, 0.5) is 10.3 Å². The number of aromatic nitrogens is 2. The lowest BCUT2D eigenvalue weighted by Gasteiger charge is -2.21. The van der Waals surface area contributed by atoms with Crippen molar-refractivity contribution in [3.63, 3.8) is 0 Å². The Labute approximate surface area is 220 Å². The number of anilines is 1. The molecule has 0 spiro atoms. The van der Waals surface area contributed by atoms with Gasteiger partial charge in [0, 0.05) is 23.7 Å². The second kappa shape index (κ2) is 10.9. The van der Waals surface area contributed by atoms with Gasteiger partial charge in [0.1, 0.15) is 17.3 Å². The Morgan fingerprint density at radius 1 is 1.11 bits per heavy atom. The van der Waals surface area contributed by atoms with E-state index >= 15 is 0 Å². The average Bonchev–Trinajstić information content (AvgIpc) is 3.20. The molecule has 0 unspecified atom stereocenters. The molecule has 38 heavy (non-hydrogen) atoms. The molecule has 0 N–H and O–H groups in total. The Hall–Kier alpha value is -3.83. The van der Waals surface area contributed by atoms with E-state index < -0.39 is 21.8 Å². The number of carbonyl (C=O) groups excluding carboxylic acids is 1. The number of fused-ring (bicyclic) bond motifs is 1. The minimum Gasteiger partial charge on any atom is -0.497 e. The van der Waals surface area contributed by atoms with Crippen LogP contribution in [0.5, 0.6) is 5.75 Å². The van der Waals surface area contributed by atoms with Gasteiger partial charge in [-0.25, -0.2) is 31.9 Å². The van der Waals surface area contributed by atoms with Crippen molar-refractivity contribution in [1.29, 1.82) is 0 Å². The highest BCUT2D eigenvalue weighted by Crippen LogP contribution is 2.33. The fourth-order valence-electron chi connectivity index (χ4n) is 3.94. The first-order valence-corrected chi connectivity index (χ1v) is 13.6. The highest BCUT2D eigenvalue weighted by molar-refractivity contribution is 7.92. The summed E-state index contributed by atoms with van der Waals surface area (Å²) in [5, 5.41) is 0. The van der Waals surface area contributed by atoms with E-state index in [-0.39, 0.29) is 25.1 Å². The summed E-state index contributed by atoms with van der Waals surface area (Å²) in [6.45, 7) is 4.04. The molecule has 2 heterocycles. The Morgan fingerprint density at radius 2 is 1.82 bits per heavy atom. The number of cyclic esters (lactones) is 1. The van der Waals surface area contributed by atoms with Crippen molar-refractivity contribution < 1.29 is 31.8 Å². The topological polar surface area (TPSA) is 108 Å². The fourth-order valence-corrected chi connectivity index (χ4v) is 4.31. The summed E-state index contributed by atoms with van der Waals surface area (Å²) < 4.78 is 55.6. The molecule has 2 aromatic carbocycles. The maximum absolute atomic E-state index is 13.7. The van der Waals surface area contributed by atoms with E-state index in [1.54, 1.807) is 36.4 Å². The molecule has 0 amide bonds. The zero-order chi connectivity index (χ0) is 27.6. The van der Waals surface area contributed by atoms with E-state index in [1.165, 1.54) is 26.3 Å². The number of carbonyl (C=O) groups is 1. The second-order valence-electron chi connectivity index (χ2n) is 9.01. The summed E-state index contributed by atoms with van der Waals surface area (Å²) >= 11 is 0. The van der Waals surface area contributed by atoms with Gasteiger partial charge in [0.2, 0.25) is 16.0 Å². The number of ether oxygens (including phenoxy) is 3. The molecule has 1 aromatic heterocycles. The van der Waals surface area contributed by atoms with Crippen molar-refractivity contribution in [2.75, 3.05) is 31.3 Å². The monoisotopic (exact) mass is 541 g/mol. The van der Waals surface area contributed by atoms with Crippen LogP contribution >= 0.6 is 0 Å². The van der Waals surface area contributed by atoms with Gasteiger partial charge < -0.3 is 14.2 Å². The molecule has 11 heteroatoms. The number of esters is 1. The molecule has 4 rings (SSSR count). The van der Waals surface area contributed by atoms with Crippen molar-refractivity contribution >= 4 is 27.7 Å². The van der Waals surface area contributed by atoms with Crippen molar-refractivity contribution in [3.05, 3.63) is 76.7 Å². The standard InChI is InChI=1S/C27H28FN3O6S/c1-16(2)24-22(15-36-13-12-23-20-11-10-19(35-4)14-21(20)26(32)37-23)25(17-6-8-18(28)9-7-17)30-27(29-24)31(3)38(5,33)34/h6-12,14,16H,13,15H2,1-5H3/b23-12-. The molecule has 0 saturated heterocycles. The van der Waals surface area contributed by atoms with Crippen LogP contribution in [0, 0.1) is 5.82 Å². The van der Waals surface area contributed by atoms with E-state index in [9.17, 15) is 17.6 Å². The van der Waals surface area contributed by atoms with Crippen molar-refractivity contribution in [2.45, 2.75) is 26.4 Å². The van der Waals surface area contributed by atoms with Gasteiger partial charge in [-0.15, -0.1) is 0 Å². The molecule has 0 atom stereocenters. The number of hydrogen-bond donors (Lipinski definition) is 0. The number of halogens is 1. The van der Waals surface area contributed by atoms with Crippen LogP contribution < -0.4 is 9.04 Å². The Balaban J connectivity index is 1.66. The molecule has 0 bridgehead atoms. The molecule has 1 aliphatic rings. The first-order valence-electron chi connectivity index (χ1n) is 11.8. The maximum Gasteiger partial charge on any atom is 0.344 e. The van der Waals surface area contributed by atoms with Gasteiger partial charge in [0.15, 0.2) is 0 Å². The molecule has 9 nitrogen and oxygen atoms in total. The van der Waals surface area contributed by atoms with Gasteiger partial charge in [-0.2, -0.15) is 0 Å². The molecular weight excluding hydrogens is 513 g/mol. The van der Waals surface area contributed by atoms with Crippen molar-refractivity contribution in [3.8, 4) is 17.0 Å². The van der Waals surface area contributed by atoms with E-state index in [2.05, 4.69) is 9.97 Å². The van der Waals surface area contributed by atoms with Crippen LogP contribution in [0.25, 0.3) is 17.0 Å². The molecule has 0 radical (unpaired) electrons. The lowest BCUT2D eigenvalue weighted by atomic mass is 9.99. The van der Waals surface area contributed by atoms with Gasteiger partial charge in [0.05, 0.1) is 43.5 Å². The third-order valence-electron chi connectivity index (χ3n) is 6.02.